The van der Waals surface area contributed by atoms with E-state index in [2.05, 4.69) is 0 Å². The molecule has 0 aromatic heterocycles. The van der Waals surface area contributed by atoms with Crippen LogP contribution in [0, 0.1) is 5.82 Å². The van der Waals surface area contributed by atoms with Gasteiger partial charge >= 0.3 is 0 Å². The molecular formula is C15H18FNO3. The highest BCUT2D eigenvalue weighted by Gasteiger charge is 2.26. The normalized spacial score (nSPS) is 23.2. The highest BCUT2D eigenvalue weighted by molar-refractivity contribution is 5.91. The maximum absolute atomic E-state index is 12.8. The molecule has 1 aromatic rings. The van der Waals surface area contributed by atoms with Crippen LogP contribution in [0.25, 0.3) is 6.08 Å². The average molecular weight is 279 g/mol. The molecule has 4 nitrogen and oxygen atoms in total. The SMILES string of the molecule is CC1CN(C(=O)/C=C/c2ccc(F)cc2)CC(CO)O1. The molecule has 2 rings (SSSR count). The third-order valence-electron chi connectivity index (χ3n) is 3.13. The van der Waals surface area contributed by atoms with Crippen LogP contribution < -0.4 is 0 Å². The molecule has 5 heteroatoms. The molecule has 1 amide bonds. The number of ether oxygens (including phenoxy) is 1. The number of benzene rings is 1. The van der Waals surface area contributed by atoms with Crippen LogP contribution in [-0.2, 0) is 9.53 Å². The predicted molar refractivity (Wildman–Crippen MR) is 73.4 cm³/mol. The van der Waals surface area contributed by atoms with Gasteiger partial charge in [-0.25, -0.2) is 4.39 Å². The van der Waals surface area contributed by atoms with Gasteiger partial charge in [0.25, 0.3) is 0 Å². The Morgan fingerprint density at radius 3 is 2.80 bits per heavy atom. The van der Waals surface area contributed by atoms with Gasteiger partial charge in [0.1, 0.15) is 5.82 Å². The molecule has 1 saturated heterocycles. The molecule has 1 aliphatic heterocycles. The third-order valence-corrected chi connectivity index (χ3v) is 3.13. The van der Waals surface area contributed by atoms with Gasteiger partial charge in [-0.05, 0) is 30.7 Å². The zero-order valence-electron chi connectivity index (χ0n) is 11.3. The Labute approximate surface area is 117 Å². The molecule has 1 fully saturated rings. The van der Waals surface area contributed by atoms with Crippen molar-refractivity contribution >= 4 is 12.0 Å². The number of carbonyl (C=O) groups excluding carboxylic acids is 1. The summed E-state index contributed by atoms with van der Waals surface area (Å²) in [6.07, 6.45) is 2.68. The maximum atomic E-state index is 12.8. The first kappa shape index (κ1) is 14.7. The Balaban J connectivity index is 1.98. The first-order valence-electron chi connectivity index (χ1n) is 6.57. The number of nitrogens with zero attached hydrogens (tertiary/aromatic N) is 1. The first-order chi connectivity index (χ1) is 9.58. The molecule has 20 heavy (non-hydrogen) atoms. The molecule has 0 spiro atoms. The van der Waals surface area contributed by atoms with E-state index in [0.717, 1.165) is 5.56 Å². The van der Waals surface area contributed by atoms with E-state index >= 15 is 0 Å². The van der Waals surface area contributed by atoms with Crippen molar-refractivity contribution in [2.45, 2.75) is 19.1 Å². The van der Waals surface area contributed by atoms with E-state index in [1.54, 1.807) is 23.1 Å². The van der Waals surface area contributed by atoms with Gasteiger partial charge in [-0.15, -0.1) is 0 Å². The Kier molecular flexibility index (Phi) is 4.87. The summed E-state index contributed by atoms with van der Waals surface area (Å²) in [6.45, 7) is 2.65. The van der Waals surface area contributed by atoms with Crippen LogP contribution in [0.1, 0.15) is 12.5 Å². The van der Waals surface area contributed by atoms with Gasteiger partial charge in [0.15, 0.2) is 0 Å². The van der Waals surface area contributed by atoms with E-state index in [1.165, 1.54) is 18.2 Å². The predicted octanol–water partition coefficient (Wildman–Crippen LogP) is 1.45. The molecule has 2 unspecified atom stereocenters. The molecule has 2 atom stereocenters. The summed E-state index contributed by atoms with van der Waals surface area (Å²) in [4.78, 5) is 13.7. The van der Waals surface area contributed by atoms with Crippen molar-refractivity contribution in [2.75, 3.05) is 19.7 Å². The molecule has 1 aliphatic rings. The second kappa shape index (κ2) is 6.63. The van der Waals surface area contributed by atoms with Crippen LogP contribution >= 0.6 is 0 Å². The monoisotopic (exact) mass is 279 g/mol. The number of morpholine rings is 1. The van der Waals surface area contributed by atoms with Crippen LogP contribution in [0.15, 0.2) is 30.3 Å². The summed E-state index contributed by atoms with van der Waals surface area (Å²) in [5, 5.41) is 9.13. The van der Waals surface area contributed by atoms with Crippen molar-refractivity contribution in [1.29, 1.82) is 0 Å². The van der Waals surface area contributed by atoms with Gasteiger partial charge in [0.05, 0.1) is 18.8 Å². The number of aliphatic hydroxyl groups is 1. The Morgan fingerprint density at radius 2 is 2.15 bits per heavy atom. The van der Waals surface area contributed by atoms with E-state index in [-0.39, 0.29) is 30.5 Å². The number of aliphatic hydroxyl groups excluding tert-OH is 1. The number of hydrogen-bond donors (Lipinski definition) is 1. The van der Waals surface area contributed by atoms with Gasteiger partial charge in [-0.1, -0.05) is 12.1 Å². The highest BCUT2D eigenvalue weighted by Crippen LogP contribution is 2.12. The van der Waals surface area contributed by atoms with Crippen molar-refractivity contribution in [1.82, 2.24) is 4.90 Å². The lowest BCUT2D eigenvalue weighted by Gasteiger charge is -2.35. The molecule has 1 heterocycles. The second-order valence-electron chi connectivity index (χ2n) is 4.88. The van der Waals surface area contributed by atoms with Crippen LogP contribution in [0.3, 0.4) is 0 Å². The van der Waals surface area contributed by atoms with Crippen molar-refractivity contribution < 1.29 is 19.0 Å². The van der Waals surface area contributed by atoms with E-state index in [0.29, 0.717) is 13.1 Å². The average Bonchev–Trinajstić information content (AvgIpc) is 2.45. The van der Waals surface area contributed by atoms with Crippen LogP contribution in [0.5, 0.6) is 0 Å². The van der Waals surface area contributed by atoms with Gasteiger partial charge in [0, 0.05) is 19.2 Å². The van der Waals surface area contributed by atoms with Crippen molar-refractivity contribution in [3.8, 4) is 0 Å². The quantitative estimate of drug-likeness (QED) is 0.852. The zero-order valence-corrected chi connectivity index (χ0v) is 11.3. The van der Waals surface area contributed by atoms with Gasteiger partial charge in [0.2, 0.25) is 5.91 Å². The van der Waals surface area contributed by atoms with E-state index in [4.69, 9.17) is 9.84 Å². The summed E-state index contributed by atoms with van der Waals surface area (Å²) >= 11 is 0. The Hall–Kier alpha value is -1.72. The summed E-state index contributed by atoms with van der Waals surface area (Å²) in [5.41, 5.74) is 0.764. The van der Waals surface area contributed by atoms with Crippen LogP contribution in [0.4, 0.5) is 4.39 Å². The summed E-state index contributed by atoms with van der Waals surface area (Å²) in [6, 6.07) is 5.92. The van der Waals surface area contributed by atoms with Gasteiger partial charge in [-0.2, -0.15) is 0 Å². The maximum Gasteiger partial charge on any atom is 0.246 e. The Bertz CT molecular complexity index is 486. The number of hydrogen-bond acceptors (Lipinski definition) is 3. The van der Waals surface area contributed by atoms with E-state index in [1.807, 2.05) is 6.92 Å². The second-order valence-corrected chi connectivity index (χ2v) is 4.88. The fourth-order valence-electron chi connectivity index (χ4n) is 2.17. The molecular weight excluding hydrogens is 261 g/mol. The van der Waals surface area contributed by atoms with E-state index < -0.39 is 0 Å². The highest BCUT2D eigenvalue weighted by atomic mass is 19.1. The summed E-state index contributed by atoms with van der Waals surface area (Å²) in [7, 11) is 0. The summed E-state index contributed by atoms with van der Waals surface area (Å²) < 4.78 is 18.2. The minimum Gasteiger partial charge on any atom is -0.394 e. The van der Waals surface area contributed by atoms with Gasteiger partial charge < -0.3 is 14.7 Å². The fourth-order valence-corrected chi connectivity index (χ4v) is 2.17. The van der Waals surface area contributed by atoms with Gasteiger partial charge in [-0.3, -0.25) is 4.79 Å². The largest absolute Gasteiger partial charge is 0.394 e. The van der Waals surface area contributed by atoms with Crippen LogP contribution in [0.2, 0.25) is 0 Å². The molecule has 0 bridgehead atoms. The van der Waals surface area contributed by atoms with Crippen molar-refractivity contribution in [3.63, 3.8) is 0 Å². The molecule has 0 saturated carbocycles. The lowest BCUT2D eigenvalue weighted by molar-refractivity contribution is -0.142. The number of halogens is 1. The number of carbonyl (C=O) groups is 1. The van der Waals surface area contributed by atoms with Crippen molar-refractivity contribution in [2.24, 2.45) is 0 Å². The minimum absolute atomic E-state index is 0.0935. The molecule has 108 valence electrons. The molecule has 1 aromatic carbocycles. The lowest BCUT2D eigenvalue weighted by atomic mass is 10.2. The number of amides is 1. The molecule has 0 aliphatic carbocycles. The van der Waals surface area contributed by atoms with Crippen molar-refractivity contribution in [3.05, 3.63) is 41.7 Å². The minimum atomic E-state index is -0.332. The zero-order chi connectivity index (χ0) is 14.5. The first-order valence-corrected chi connectivity index (χ1v) is 6.57. The third kappa shape index (κ3) is 3.88. The smallest absolute Gasteiger partial charge is 0.246 e. The fraction of sp³-hybridized carbons (Fsp3) is 0.400. The summed E-state index contributed by atoms with van der Waals surface area (Å²) in [5.74, 6) is -0.441. The topological polar surface area (TPSA) is 49.8 Å². The van der Waals surface area contributed by atoms with Crippen LogP contribution in [-0.4, -0.2) is 47.8 Å². The standard InChI is InChI=1S/C15H18FNO3/c1-11-8-17(9-14(10-18)20-11)15(19)7-4-12-2-5-13(16)6-3-12/h2-7,11,14,18H,8-10H2,1H3/b7-4+. The van der Waals surface area contributed by atoms with E-state index in [9.17, 15) is 9.18 Å². The Morgan fingerprint density at radius 1 is 1.45 bits per heavy atom. The number of rotatable bonds is 3. The lowest BCUT2D eigenvalue weighted by Crippen LogP contribution is -2.49. The molecule has 1 N–H and O–H groups in total. The molecule has 0 radical (unpaired) electrons.